The van der Waals surface area contributed by atoms with Crippen molar-refractivity contribution in [2.45, 2.75) is 13.8 Å². The Morgan fingerprint density at radius 2 is 1.25 bits per heavy atom. The van der Waals surface area contributed by atoms with Crippen LogP contribution in [0, 0.1) is 13.8 Å². The van der Waals surface area contributed by atoms with Gasteiger partial charge in [0, 0.05) is 0 Å². The maximum absolute atomic E-state index is 12.0. The lowest BCUT2D eigenvalue weighted by Gasteiger charge is -2.06. The van der Waals surface area contributed by atoms with Crippen LogP contribution in [0.2, 0.25) is 0 Å². The number of nitrogens with zero attached hydrogens (tertiary/aromatic N) is 1. The third-order valence-corrected chi connectivity index (χ3v) is 3.16. The van der Waals surface area contributed by atoms with Crippen molar-refractivity contribution in [3.8, 4) is 0 Å². The molecule has 0 saturated heterocycles. The molecule has 0 saturated carbocycles. The number of anilines is 2. The average molecular weight is 325 g/mol. The summed E-state index contributed by atoms with van der Waals surface area (Å²) in [6.45, 7) is 3.50. The van der Waals surface area contributed by atoms with Gasteiger partial charge in [-0.05, 0) is 50.2 Å². The van der Waals surface area contributed by atoms with Crippen LogP contribution in [0.5, 0.6) is 0 Å². The smallest absolute Gasteiger partial charge is 0.292 e. The molecule has 0 atom stereocenters. The second-order valence-electron chi connectivity index (χ2n) is 5.14. The number of carbonyl (C=O) groups excluding carboxylic acids is 2. The van der Waals surface area contributed by atoms with E-state index < -0.39 is 11.8 Å². The molecule has 0 aliphatic heterocycles. The molecule has 0 aliphatic carbocycles. The minimum Gasteiger partial charge on any atom is -0.456 e. The van der Waals surface area contributed by atoms with Crippen molar-refractivity contribution in [1.82, 2.24) is 4.98 Å². The lowest BCUT2D eigenvalue weighted by Crippen LogP contribution is -2.15. The summed E-state index contributed by atoms with van der Waals surface area (Å²) in [7, 11) is 0. The fraction of sp³-hybridized carbons (Fsp3) is 0.118. The molecule has 0 unspecified atom stereocenters. The van der Waals surface area contributed by atoms with Crippen LogP contribution in [-0.2, 0) is 0 Å². The van der Waals surface area contributed by atoms with E-state index in [9.17, 15) is 9.59 Å². The summed E-state index contributed by atoms with van der Waals surface area (Å²) in [6.07, 6.45) is 0. The summed E-state index contributed by atoms with van der Waals surface area (Å²) in [6, 6.07) is 11.4. The number of aryl methyl sites for hydroxylation is 2. The summed E-state index contributed by atoms with van der Waals surface area (Å²) < 4.78 is 10.5. The summed E-state index contributed by atoms with van der Waals surface area (Å²) in [5, 5.41) is 5.22. The molecule has 0 aromatic carbocycles. The van der Waals surface area contributed by atoms with Gasteiger partial charge in [-0.15, -0.1) is 0 Å². The highest BCUT2D eigenvalue weighted by Gasteiger charge is 2.13. The van der Waals surface area contributed by atoms with E-state index in [2.05, 4.69) is 15.6 Å². The summed E-state index contributed by atoms with van der Waals surface area (Å²) >= 11 is 0. The first-order valence-corrected chi connectivity index (χ1v) is 7.24. The lowest BCUT2D eigenvalue weighted by atomic mass is 10.3. The van der Waals surface area contributed by atoms with Gasteiger partial charge in [0.1, 0.15) is 23.2 Å². The van der Waals surface area contributed by atoms with E-state index in [1.54, 1.807) is 56.3 Å². The zero-order chi connectivity index (χ0) is 17.1. The minimum atomic E-state index is -0.416. The quantitative estimate of drug-likeness (QED) is 0.766. The maximum Gasteiger partial charge on any atom is 0.292 e. The van der Waals surface area contributed by atoms with E-state index >= 15 is 0 Å². The van der Waals surface area contributed by atoms with E-state index in [1.165, 1.54) is 0 Å². The number of rotatable bonds is 4. The molecule has 2 N–H and O–H groups in total. The first-order valence-electron chi connectivity index (χ1n) is 7.24. The Morgan fingerprint density at radius 1 is 0.792 bits per heavy atom. The lowest BCUT2D eigenvalue weighted by molar-refractivity contribution is 0.0989. The highest BCUT2D eigenvalue weighted by atomic mass is 16.4. The number of nitrogens with one attached hydrogen (secondary N) is 2. The summed E-state index contributed by atoms with van der Waals surface area (Å²) in [5.41, 5.74) is 0. The van der Waals surface area contributed by atoms with Gasteiger partial charge < -0.3 is 19.5 Å². The molecule has 3 rings (SSSR count). The molecule has 0 bridgehead atoms. The minimum absolute atomic E-state index is 0.190. The maximum atomic E-state index is 12.0. The summed E-state index contributed by atoms with van der Waals surface area (Å²) in [4.78, 5) is 28.2. The largest absolute Gasteiger partial charge is 0.456 e. The number of hydrogen-bond acceptors (Lipinski definition) is 5. The second kappa shape index (κ2) is 6.41. The third kappa shape index (κ3) is 3.52. The van der Waals surface area contributed by atoms with Crippen LogP contribution in [0.15, 0.2) is 51.3 Å². The third-order valence-electron chi connectivity index (χ3n) is 3.16. The van der Waals surface area contributed by atoms with Crippen molar-refractivity contribution in [2.24, 2.45) is 0 Å². The number of pyridine rings is 1. The molecule has 122 valence electrons. The Bertz CT molecular complexity index is 825. The normalized spacial score (nSPS) is 10.4. The molecule has 3 aromatic heterocycles. The van der Waals surface area contributed by atoms with Crippen LogP contribution in [0.1, 0.15) is 32.6 Å². The molecule has 0 aliphatic rings. The SMILES string of the molecule is Cc1ccc(C(=O)Nc2cccc(NC(=O)c3ccc(C)o3)n2)o1. The van der Waals surface area contributed by atoms with Gasteiger partial charge in [-0.2, -0.15) is 0 Å². The second-order valence-corrected chi connectivity index (χ2v) is 5.14. The Balaban J connectivity index is 1.70. The van der Waals surface area contributed by atoms with Gasteiger partial charge >= 0.3 is 0 Å². The fourth-order valence-electron chi connectivity index (χ4n) is 2.04. The average Bonchev–Trinajstić information content (AvgIpc) is 3.16. The zero-order valence-corrected chi connectivity index (χ0v) is 13.1. The van der Waals surface area contributed by atoms with Gasteiger partial charge in [-0.3, -0.25) is 9.59 Å². The molecular formula is C17H15N3O4. The molecule has 3 heterocycles. The van der Waals surface area contributed by atoms with Crippen molar-refractivity contribution in [2.75, 3.05) is 10.6 Å². The van der Waals surface area contributed by atoms with Crippen LogP contribution in [0.25, 0.3) is 0 Å². The van der Waals surface area contributed by atoms with Crippen LogP contribution < -0.4 is 10.6 Å². The van der Waals surface area contributed by atoms with Gasteiger partial charge in [-0.25, -0.2) is 4.98 Å². The highest BCUT2D eigenvalue weighted by Crippen LogP contribution is 2.14. The Labute approximate surface area is 137 Å². The van der Waals surface area contributed by atoms with E-state index in [-0.39, 0.29) is 11.5 Å². The molecule has 3 aromatic rings. The number of carbonyl (C=O) groups is 2. The molecule has 2 amide bonds. The summed E-state index contributed by atoms with van der Waals surface area (Å²) in [5.74, 6) is 1.42. The predicted octanol–water partition coefficient (Wildman–Crippen LogP) is 3.39. The van der Waals surface area contributed by atoms with Gasteiger partial charge in [0.15, 0.2) is 11.5 Å². The van der Waals surface area contributed by atoms with Gasteiger partial charge in [0.05, 0.1) is 0 Å². The Morgan fingerprint density at radius 3 is 1.62 bits per heavy atom. The van der Waals surface area contributed by atoms with Gasteiger partial charge in [0.25, 0.3) is 11.8 Å². The van der Waals surface area contributed by atoms with Crippen molar-refractivity contribution < 1.29 is 18.4 Å². The fourth-order valence-corrected chi connectivity index (χ4v) is 2.04. The van der Waals surface area contributed by atoms with Crippen LogP contribution >= 0.6 is 0 Å². The molecule has 7 heteroatoms. The van der Waals surface area contributed by atoms with E-state index in [0.717, 1.165) is 0 Å². The molecular weight excluding hydrogens is 310 g/mol. The zero-order valence-electron chi connectivity index (χ0n) is 13.1. The molecule has 0 fully saturated rings. The van der Waals surface area contributed by atoms with E-state index in [1.807, 2.05) is 0 Å². The first-order chi connectivity index (χ1) is 11.5. The molecule has 24 heavy (non-hydrogen) atoms. The van der Waals surface area contributed by atoms with Crippen molar-refractivity contribution >= 4 is 23.5 Å². The highest BCUT2D eigenvalue weighted by molar-refractivity contribution is 6.03. The topological polar surface area (TPSA) is 97.4 Å². The van der Waals surface area contributed by atoms with E-state index in [0.29, 0.717) is 23.2 Å². The van der Waals surface area contributed by atoms with Crippen LogP contribution in [0.4, 0.5) is 11.6 Å². The van der Waals surface area contributed by atoms with Crippen LogP contribution in [-0.4, -0.2) is 16.8 Å². The molecule has 0 spiro atoms. The number of amides is 2. The number of aromatic nitrogens is 1. The standard InChI is InChI=1S/C17H15N3O4/c1-10-6-8-12(23-10)16(21)19-14-4-3-5-15(18-14)20-17(22)13-9-7-11(2)24-13/h3-9H,1-2H3,(H2,18,19,20,21,22). The molecule has 7 nitrogen and oxygen atoms in total. The van der Waals surface area contributed by atoms with Crippen molar-refractivity contribution in [1.29, 1.82) is 0 Å². The van der Waals surface area contributed by atoms with Crippen LogP contribution in [0.3, 0.4) is 0 Å². The Kier molecular flexibility index (Phi) is 4.15. The Hall–Kier alpha value is -3.35. The van der Waals surface area contributed by atoms with E-state index in [4.69, 9.17) is 8.83 Å². The molecule has 0 radical (unpaired) electrons. The monoisotopic (exact) mass is 325 g/mol. The number of furan rings is 2. The van der Waals surface area contributed by atoms with Crippen molar-refractivity contribution in [3.63, 3.8) is 0 Å². The predicted molar refractivity (Wildman–Crippen MR) is 87.0 cm³/mol. The van der Waals surface area contributed by atoms with Gasteiger partial charge in [-0.1, -0.05) is 6.07 Å². The number of hydrogen-bond donors (Lipinski definition) is 2. The van der Waals surface area contributed by atoms with Crippen molar-refractivity contribution in [3.05, 3.63) is 65.5 Å². The first kappa shape index (κ1) is 15.5. The van der Waals surface area contributed by atoms with Gasteiger partial charge in [0.2, 0.25) is 0 Å².